The molecule has 162 valence electrons. The summed E-state index contributed by atoms with van der Waals surface area (Å²) in [6.45, 7) is 5.13. The Bertz CT molecular complexity index is 609. The van der Waals surface area contributed by atoms with Crippen LogP contribution >= 0.6 is 34.8 Å². The molecule has 0 spiro atoms. The number of hydrogen-bond donors (Lipinski definition) is 0. The van der Waals surface area contributed by atoms with E-state index in [2.05, 4.69) is 57.4 Å². The highest BCUT2D eigenvalue weighted by Crippen LogP contribution is 2.62. The standard InChI is InChI=1S/C12H6Cl3F9O4/c1-3-27-5(25)7(13,16)11(21,22)10(15,20)12(23,24)9(14,19)8(17,18)6(26)28-4-2/h3-4H,1-2H2. The predicted octanol–water partition coefficient (Wildman–Crippen LogP) is 4.98. The normalized spacial score (nSPS) is 19.4. The van der Waals surface area contributed by atoms with Crippen molar-refractivity contribution in [3.63, 3.8) is 0 Å². The molecule has 0 N–H and O–H groups in total. The maximum atomic E-state index is 14.1. The third kappa shape index (κ3) is 3.63. The minimum Gasteiger partial charge on any atom is -0.432 e. The Morgan fingerprint density at radius 3 is 1.39 bits per heavy atom. The van der Waals surface area contributed by atoms with Crippen molar-refractivity contribution in [2.45, 2.75) is 33.2 Å². The number of carbonyl (C=O) groups is 2. The van der Waals surface area contributed by atoms with Gasteiger partial charge in [0, 0.05) is 0 Å². The van der Waals surface area contributed by atoms with Gasteiger partial charge in [0.15, 0.2) is 0 Å². The average molecular weight is 492 g/mol. The van der Waals surface area contributed by atoms with Gasteiger partial charge in [0.05, 0.1) is 12.5 Å². The van der Waals surface area contributed by atoms with Crippen molar-refractivity contribution in [3.05, 3.63) is 25.7 Å². The summed E-state index contributed by atoms with van der Waals surface area (Å²) >= 11 is 12.7. The van der Waals surface area contributed by atoms with Crippen LogP contribution in [0.25, 0.3) is 0 Å². The molecular weight excluding hydrogens is 485 g/mol. The molecule has 0 amide bonds. The van der Waals surface area contributed by atoms with Crippen LogP contribution in [-0.4, -0.2) is 45.1 Å². The summed E-state index contributed by atoms with van der Waals surface area (Å²) in [7, 11) is 0. The third-order valence-corrected chi connectivity index (χ3v) is 4.21. The Morgan fingerprint density at radius 2 is 1.04 bits per heavy atom. The molecule has 0 aliphatic heterocycles. The van der Waals surface area contributed by atoms with Gasteiger partial charge in [-0.3, -0.25) is 0 Å². The summed E-state index contributed by atoms with van der Waals surface area (Å²) in [5.41, 5.74) is 0. The Hall–Kier alpha value is -1.34. The first-order valence-corrected chi connectivity index (χ1v) is 7.26. The second-order valence-electron chi connectivity index (χ2n) is 4.59. The van der Waals surface area contributed by atoms with E-state index in [0.717, 1.165) is 0 Å². The summed E-state index contributed by atoms with van der Waals surface area (Å²) in [4.78, 5) is 21.9. The van der Waals surface area contributed by atoms with Gasteiger partial charge in [0.2, 0.25) is 0 Å². The Morgan fingerprint density at radius 1 is 0.679 bits per heavy atom. The summed E-state index contributed by atoms with van der Waals surface area (Å²) in [6.07, 6.45) is -0.183. The maximum Gasteiger partial charge on any atom is 0.396 e. The van der Waals surface area contributed by atoms with Crippen molar-refractivity contribution in [2.24, 2.45) is 0 Å². The van der Waals surface area contributed by atoms with Gasteiger partial charge in [-0.15, -0.1) is 0 Å². The average Bonchev–Trinajstić information content (AvgIpc) is 2.54. The molecule has 0 rings (SSSR count). The fraction of sp³-hybridized carbons (Fsp3) is 0.500. The first kappa shape index (κ1) is 26.7. The second-order valence-corrected chi connectivity index (χ2v) is 6.15. The fourth-order valence-corrected chi connectivity index (χ4v) is 2.08. The molecule has 0 aliphatic carbocycles. The van der Waals surface area contributed by atoms with Crippen LogP contribution in [0.4, 0.5) is 39.5 Å². The zero-order valence-corrected chi connectivity index (χ0v) is 15.0. The van der Waals surface area contributed by atoms with E-state index in [-0.39, 0.29) is 12.5 Å². The second kappa shape index (κ2) is 7.82. The summed E-state index contributed by atoms with van der Waals surface area (Å²) in [5.74, 6) is -26.2. The van der Waals surface area contributed by atoms with Crippen molar-refractivity contribution >= 4 is 46.7 Å². The summed E-state index contributed by atoms with van der Waals surface area (Å²) < 4.78 is 131. The SMILES string of the molecule is C=COC(=O)C(F)(F)C(F)(Cl)C(F)(F)C(F)(Cl)C(F)(F)C(F)(Cl)C(=O)OC=C. The van der Waals surface area contributed by atoms with E-state index < -0.39 is 45.1 Å². The number of halogens is 12. The number of ether oxygens (including phenoxy) is 2. The topological polar surface area (TPSA) is 52.6 Å². The van der Waals surface area contributed by atoms with E-state index in [9.17, 15) is 49.1 Å². The van der Waals surface area contributed by atoms with E-state index in [1.807, 2.05) is 0 Å². The molecule has 0 aromatic heterocycles. The number of hydrogen-bond acceptors (Lipinski definition) is 4. The molecule has 0 bridgehead atoms. The molecule has 28 heavy (non-hydrogen) atoms. The molecule has 4 nitrogen and oxygen atoms in total. The van der Waals surface area contributed by atoms with Gasteiger partial charge >= 0.3 is 45.1 Å². The van der Waals surface area contributed by atoms with Crippen molar-refractivity contribution < 1.29 is 58.6 Å². The van der Waals surface area contributed by atoms with E-state index in [0.29, 0.717) is 0 Å². The maximum absolute atomic E-state index is 14.1. The molecule has 0 radical (unpaired) electrons. The molecule has 0 fully saturated rings. The van der Waals surface area contributed by atoms with Crippen LogP contribution in [0.1, 0.15) is 0 Å². The van der Waals surface area contributed by atoms with Crippen LogP contribution in [0.5, 0.6) is 0 Å². The number of esters is 2. The minimum atomic E-state index is -7.02. The molecule has 0 aromatic rings. The van der Waals surface area contributed by atoms with E-state index in [1.165, 1.54) is 0 Å². The van der Waals surface area contributed by atoms with Crippen molar-refractivity contribution in [3.8, 4) is 0 Å². The van der Waals surface area contributed by atoms with Crippen LogP contribution in [0.2, 0.25) is 0 Å². The summed E-state index contributed by atoms with van der Waals surface area (Å²) in [6, 6.07) is 0. The van der Waals surface area contributed by atoms with Crippen LogP contribution in [0, 0.1) is 0 Å². The van der Waals surface area contributed by atoms with E-state index >= 15 is 0 Å². The van der Waals surface area contributed by atoms with Crippen LogP contribution < -0.4 is 0 Å². The van der Waals surface area contributed by atoms with E-state index in [4.69, 9.17) is 0 Å². The van der Waals surface area contributed by atoms with Crippen molar-refractivity contribution in [1.29, 1.82) is 0 Å². The highest BCUT2D eigenvalue weighted by Gasteiger charge is 2.89. The van der Waals surface area contributed by atoms with Gasteiger partial charge in [-0.05, 0) is 0 Å². The fourth-order valence-electron chi connectivity index (χ4n) is 1.34. The Kier molecular flexibility index (Phi) is 7.45. The smallest absolute Gasteiger partial charge is 0.396 e. The largest absolute Gasteiger partial charge is 0.432 e. The van der Waals surface area contributed by atoms with Crippen molar-refractivity contribution in [2.75, 3.05) is 0 Å². The number of rotatable bonds is 9. The zero-order chi connectivity index (χ0) is 23.0. The molecular formula is C12H6Cl3F9O4. The highest BCUT2D eigenvalue weighted by atomic mass is 35.5. The predicted molar refractivity (Wildman–Crippen MR) is 76.5 cm³/mol. The molecule has 0 aliphatic rings. The number of carbonyl (C=O) groups excluding carboxylic acids is 2. The molecule has 3 unspecified atom stereocenters. The lowest BCUT2D eigenvalue weighted by Gasteiger charge is -2.42. The zero-order valence-electron chi connectivity index (χ0n) is 12.7. The minimum absolute atomic E-state index is 0.0537. The first-order chi connectivity index (χ1) is 12.2. The Labute approximate surface area is 164 Å². The van der Waals surface area contributed by atoms with Gasteiger partial charge in [0.1, 0.15) is 0 Å². The highest BCUT2D eigenvalue weighted by molar-refractivity contribution is 6.35. The van der Waals surface area contributed by atoms with Crippen LogP contribution in [-0.2, 0) is 19.1 Å². The van der Waals surface area contributed by atoms with Crippen LogP contribution in [0.15, 0.2) is 25.7 Å². The van der Waals surface area contributed by atoms with Crippen molar-refractivity contribution in [1.82, 2.24) is 0 Å². The molecule has 16 heteroatoms. The lowest BCUT2D eigenvalue weighted by Crippen LogP contribution is -2.71. The van der Waals surface area contributed by atoms with E-state index in [1.54, 1.807) is 0 Å². The molecule has 0 saturated carbocycles. The number of alkyl halides is 12. The first-order valence-electron chi connectivity index (χ1n) is 6.12. The third-order valence-electron chi connectivity index (χ3n) is 2.87. The Balaban J connectivity index is 6.50. The van der Waals surface area contributed by atoms with Gasteiger partial charge in [-0.25, -0.2) is 22.8 Å². The quantitative estimate of drug-likeness (QED) is 0.198. The lowest BCUT2D eigenvalue weighted by atomic mass is 9.94. The lowest BCUT2D eigenvalue weighted by molar-refractivity contribution is -0.292. The van der Waals surface area contributed by atoms with Gasteiger partial charge in [0.25, 0.3) is 0 Å². The molecule has 0 saturated heterocycles. The molecule has 0 heterocycles. The monoisotopic (exact) mass is 490 g/mol. The van der Waals surface area contributed by atoms with Gasteiger partial charge in [-0.2, -0.15) is 26.3 Å². The molecule has 3 atom stereocenters. The van der Waals surface area contributed by atoms with Gasteiger partial charge < -0.3 is 9.47 Å². The van der Waals surface area contributed by atoms with Crippen LogP contribution in [0.3, 0.4) is 0 Å². The van der Waals surface area contributed by atoms with Gasteiger partial charge in [-0.1, -0.05) is 48.0 Å². The molecule has 0 aromatic carbocycles. The summed E-state index contributed by atoms with van der Waals surface area (Å²) in [5, 5.41) is -18.6.